The standard InChI is InChI=1S/C16H14ClN5O3S/c1-10-7-11(3-6-15(10)22-9-18-20-21-22)19-16(23)13-8-12(26(2,24)25)4-5-14(13)17/h3-9H,1-2H3,(H,19,23). The first-order valence-corrected chi connectivity index (χ1v) is 9.67. The number of carbonyl (C=O) groups is 1. The second-order valence-electron chi connectivity index (χ2n) is 5.62. The molecule has 0 atom stereocenters. The summed E-state index contributed by atoms with van der Waals surface area (Å²) in [5, 5.41) is 13.9. The highest BCUT2D eigenvalue weighted by Crippen LogP contribution is 2.23. The zero-order chi connectivity index (χ0) is 18.9. The quantitative estimate of drug-likeness (QED) is 0.731. The van der Waals surface area contributed by atoms with Crippen LogP contribution < -0.4 is 5.32 Å². The molecule has 0 aliphatic carbocycles. The Morgan fingerprint density at radius 1 is 1.19 bits per heavy atom. The molecule has 0 saturated heterocycles. The van der Waals surface area contributed by atoms with Gasteiger partial charge in [0.05, 0.1) is 21.2 Å². The predicted molar refractivity (Wildman–Crippen MR) is 96.4 cm³/mol. The van der Waals surface area contributed by atoms with Gasteiger partial charge >= 0.3 is 0 Å². The van der Waals surface area contributed by atoms with Crippen LogP contribution in [0.3, 0.4) is 0 Å². The molecule has 0 unspecified atom stereocenters. The third kappa shape index (κ3) is 3.73. The Labute approximate surface area is 154 Å². The van der Waals surface area contributed by atoms with Gasteiger partial charge in [-0.3, -0.25) is 4.79 Å². The summed E-state index contributed by atoms with van der Waals surface area (Å²) in [5.41, 5.74) is 2.22. The number of nitrogens with one attached hydrogen (secondary N) is 1. The number of sulfone groups is 1. The van der Waals surface area contributed by atoms with Crippen LogP contribution in [0, 0.1) is 6.92 Å². The van der Waals surface area contributed by atoms with Crippen LogP contribution in [0.5, 0.6) is 0 Å². The molecule has 1 heterocycles. The molecule has 2 aromatic carbocycles. The largest absolute Gasteiger partial charge is 0.322 e. The first kappa shape index (κ1) is 18.0. The lowest BCUT2D eigenvalue weighted by Gasteiger charge is -2.11. The number of amides is 1. The minimum Gasteiger partial charge on any atom is -0.322 e. The van der Waals surface area contributed by atoms with Gasteiger partial charge in [-0.15, -0.1) is 5.10 Å². The first-order valence-electron chi connectivity index (χ1n) is 7.40. The van der Waals surface area contributed by atoms with Crippen molar-refractivity contribution in [3.8, 4) is 5.69 Å². The van der Waals surface area contributed by atoms with Crippen LogP contribution >= 0.6 is 11.6 Å². The molecule has 0 aliphatic heterocycles. The van der Waals surface area contributed by atoms with E-state index < -0.39 is 15.7 Å². The molecule has 3 aromatic rings. The molecular formula is C16H14ClN5O3S. The number of nitrogens with zero attached hydrogens (tertiary/aromatic N) is 4. The number of aryl methyl sites for hydroxylation is 1. The van der Waals surface area contributed by atoms with Gasteiger partial charge in [0.15, 0.2) is 9.84 Å². The number of tetrazole rings is 1. The molecule has 26 heavy (non-hydrogen) atoms. The van der Waals surface area contributed by atoms with Crippen molar-refractivity contribution in [3.63, 3.8) is 0 Å². The van der Waals surface area contributed by atoms with E-state index in [9.17, 15) is 13.2 Å². The molecule has 1 aromatic heterocycles. The topological polar surface area (TPSA) is 107 Å². The fraction of sp³-hybridized carbons (Fsp3) is 0.125. The van der Waals surface area contributed by atoms with E-state index in [0.717, 1.165) is 17.5 Å². The third-order valence-corrected chi connectivity index (χ3v) is 5.10. The summed E-state index contributed by atoms with van der Waals surface area (Å²) in [6, 6.07) is 9.21. The summed E-state index contributed by atoms with van der Waals surface area (Å²) in [5.74, 6) is -0.505. The summed E-state index contributed by atoms with van der Waals surface area (Å²) < 4.78 is 24.9. The van der Waals surface area contributed by atoms with Crippen LogP contribution in [0.25, 0.3) is 5.69 Å². The van der Waals surface area contributed by atoms with Crippen LogP contribution in [-0.2, 0) is 9.84 Å². The van der Waals surface area contributed by atoms with E-state index in [-0.39, 0.29) is 15.5 Å². The number of hydrogen-bond donors (Lipinski definition) is 1. The molecule has 0 aliphatic rings. The zero-order valence-corrected chi connectivity index (χ0v) is 15.4. The monoisotopic (exact) mass is 391 g/mol. The zero-order valence-electron chi connectivity index (χ0n) is 13.8. The molecule has 1 amide bonds. The van der Waals surface area contributed by atoms with Crippen molar-refractivity contribution < 1.29 is 13.2 Å². The normalized spacial score (nSPS) is 11.3. The number of hydrogen-bond acceptors (Lipinski definition) is 6. The number of rotatable bonds is 4. The molecule has 134 valence electrons. The highest BCUT2D eigenvalue weighted by Gasteiger charge is 2.16. The smallest absolute Gasteiger partial charge is 0.257 e. The van der Waals surface area contributed by atoms with Gasteiger partial charge < -0.3 is 5.32 Å². The number of halogens is 1. The van der Waals surface area contributed by atoms with Gasteiger partial charge in [-0.05, 0) is 59.3 Å². The average molecular weight is 392 g/mol. The Morgan fingerprint density at radius 2 is 1.96 bits per heavy atom. The van der Waals surface area contributed by atoms with Crippen LogP contribution in [0.2, 0.25) is 5.02 Å². The van der Waals surface area contributed by atoms with Crippen molar-refractivity contribution in [1.29, 1.82) is 0 Å². The van der Waals surface area contributed by atoms with E-state index in [1.54, 1.807) is 18.2 Å². The van der Waals surface area contributed by atoms with E-state index in [4.69, 9.17) is 11.6 Å². The number of benzene rings is 2. The van der Waals surface area contributed by atoms with Crippen molar-refractivity contribution in [2.45, 2.75) is 11.8 Å². The lowest BCUT2D eigenvalue weighted by Crippen LogP contribution is -2.14. The first-order chi connectivity index (χ1) is 12.3. The molecule has 0 spiro atoms. The minimum absolute atomic E-state index is 0.0252. The number of carbonyl (C=O) groups excluding carboxylic acids is 1. The molecular weight excluding hydrogens is 378 g/mol. The van der Waals surface area contributed by atoms with E-state index in [0.29, 0.717) is 5.69 Å². The van der Waals surface area contributed by atoms with Crippen LogP contribution in [0.1, 0.15) is 15.9 Å². The Hall–Kier alpha value is -2.78. The number of anilines is 1. The summed E-state index contributed by atoms with van der Waals surface area (Å²) >= 11 is 6.05. The van der Waals surface area contributed by atoms with Gasteiger partial charge in [-0.1, -0.05) is 11.6 Å². The molecule has 0 saturated carbocycles. The van der Waals surface area contributed by atoms with Crippen LogP contribution in [-0.4, -0.2) is 40.8 Å². The second-order valence-corrected chi connectivity index (χ2v) is 8.05. The van der Waals surface area contributed by atoms with Crippen molar-refractivity contribution in [2.24, 2.45) is 0 Å². The Bertz CT molecular complexity index is 1080. The molecule has 8 nitrogen and oxygen atoms in total. The van der Waals surface area contributed by atoms with Crippen molar-refractivity contribution in [1.82, 2.24) is 20.2 Å². The number of aromatic nitrogens is 4. The van der Waals surface area contributed by atoms with Gasteiger partial charge in [0.25, 0.3) is 5.91 Å². The SMILES string of the molecule is Cc1cc(NC(=O)c2cc(S(C)(=O)=O)ccc2Cl)ccc1-n1cnnn1. The van der Waals surface area contributed by atoms with Gasteiger partial charge in [0, 0.05) is 11.9 Å². The predicted octanol–water partition coefficient (Wildman–Crippen LogP) is 2.28. The van der Waals surface area contributed by atoms with Gasteiger partial charge in [0.2, 0.25) is 0 Å². The van der Waals surface area contributed by atoms with E-state index in [1.807, 2.05) is 6.92 Å². The van der Waals surface area contributed by atoms with E-state index in [2.05, 4.69) is 20.8 Å². The fourth-order valence-electron chi connectivity index (χ4n) is 2.37. The van der Waals surface area contributed by atoms with E-state index in [1.165, 1.54) is 29.2 Å². The molecule has 0 radical (unpaired) electrons. The van der Waals surface area contributed by atoms with Gasteiger partial charge in [-0.25, -0.2) is 13.1 Å². The second kappa shape index (κ2) is 6.85. The lowest BCUT2D eigenvalue weighted by molar-refractivity contribution is 0.102. The summed E-state index contributed by atoms with van der Waals surface area (Å²) in [4.78, 5) is 12.5. The van der Waals surface area contributed by atoms with Crippen LogP contribution in [0.4, 0.5) is 5.69 Å². The van der Waals surface area contributed by atoms with Crippen molar-refractivity contribution >= 4 is 33.0 Å². The summed E-state index contributed by atoms with van der Waals surface area (Å²) in [6.07, 6.45) is 2.54. The van der Waals surface area contributed by atoms with Gasteiger partial charge in [0.1, 0.15) is 6.33 Å². The van der Waals surface area contributed by atoms with Crippen molar-refractivity contribution in [3.05, 3.63) is 58.9 Å². The Morgan fingerprint density at radius 3 is 2.58 bits per heavy atom. The average Bonchev–Trinajstić information content (AvgIpc) is 3.08. The maximum atomic E-state index is 12.5. The summed E-state index contributed by atoms with van der Waals surface area (Å²) in [6.45, 7) is 1.85. The Balaban J connectivity index is 1.88. The van der Waals surface area contributed by atoms with E-state index >= 15 is 0 Å². The van der Waals surface area contributed by atoms with Crippen molar-refractivity contribution in [2.75, 3.05) is 11.6 Å². The highest BCUT2D eigenvalue weighted by molar-refractivity contribution is 7.90. The minimum atomic E-state index is -3.45. The molecule has 0 fully saturated rings. The highest BCUT2D eigenvalue weighted by atomic mass is 35.5. The fourth-order valence-corrected chi connectivity index (χ4v) is 3.22. The molecule has 1 N–H and O–H groups in total. The molecule has 3 rings (SSSR count). The lowest BCUT2D eigenvalue weighted by atomic mass is 10.1. The third-order valence-electron chi connectivity index (χ3n) is 3.66. The molecule has 10 heteroatoms. The maximum absolute atomic E-state index is 12.5. The van der Waals surface area contributed by atoms with Crippen LogP contribution in [0.15, 0.2) is 47.6 Å². The molecule has 0 bridgehead atoms. The summed E-state index contributed by atoms with van der Waals surface area (Å²) in [7, 11) is -3.45. The Kier molecular flexibility index (Phi) is 4.75. The van der Waals surface area contributed by atoms with Gasteiger partial charge in [-0.2, -0.15) is 0 Å². The maximum Gasteiger partial charge on any atom is 0.257 e.